The first kappa shape index (κ1) is 16.4. The second-order valence-electron chi connectivity index (χ2n) is 7.20. The minimum absolute atomic E-state index is 0.0675. The summed E-state index contributed by atoms with van der Waals surface area (Å²) in [7, 11) is 0. The summed E-state index contributed by atoms with van der Waals surface area (Å²) >= 11 is 0. The molecule has 1 aromatic rings. The van der Waals surface area contributed by atoms with Gasteiger partial charge in [-0.05, 0) is 37.1 Å². The van der Waals surface area contributed by atoms with E-state index < -0.39 is 0 Å². The largest absolute Gasteiger partial charge is 0.336 e. The molecular weight excluding hydrogens is 316 g/mol. The van der Waals surface area contributed by atoms with E-state index in [0.717, 1.165) is 37.9 Å². The zero-order valence-electron chi connectivity index (χ0n) is 14.6. The normalized spacial score (nSPS) is 22.5. The second-order valence-corrected chi connectivity index (χ2v) is 7.20. The summed E-state index contributed by atoms with van der Waals surface area (Å²) in [6.45, 7) is 4.95. The molecular formula is C19H26N4O2. The Labute approximate surface area is 148 Å². The number of amides is 3. The maximum atomic E-state index is 12.7. The van der Waals surface area contributed by atoms with Gasteiger partial charge < -0.3 is 10.2 Å². The van der Waals surface area contributed by atoms with Crippen molar-refractivity contribution in [2.24, 2.45) is 0 Å². The lowest BCUT2D eigenvalue weighted by molar-refractivity contribution is 0.0573. The highest BCUT2D eigenvalue weighted by atomic mass is 16.2. The van der Waals surface area contributed by atoms with Gasteiger partial charge in [0.15, 0.2) is 0 Å². The Kier molecular flexibility index (Phi) is 4.61. The van der Waals surface area contributed by atoms with Gasteiger partial charge in [-0.3, -0.25) is 14.6 Å². The first-order chi connectivity index (χ1) is 12.2. The minimum Gasteiger partial charge on any atom is -0.336 e. The Morgan fingerprint density at radius 3 is 2.24 bits per heavy atom. The molecule has 2 aliphatic heterocycles. The number of nitrogens with one attached hydrogen (secondary N) is 1. The summed E-state index contributed by atoms with van der Waals surface area (Å²) in [5, 5.41) is 2.79. The molecule has 1 aliphatic carbocycles. The molecule has 3 amide bonds. The molecule has 0 atom stereocenters. The fraction of sp³-hybridized carbons (Fsp3) is 0.579. The van der Waals surface area contributed by atoms with Gasteiger partial charge in [0, 0.05) is 56.6 Å². The number of urea groups is 1. The van der Waals surface area contributed by atoms with Crippen molar-refractivity contribution in [2.45, 2.75) is 31.7 Å². The third-order valence-electron chi connectivity index (χ3n) is 5.73. The van der Waals surface area contributed by atoms with E-state index in [-0.39, 0.29) is 11.9 Å². The molecule has 6 heteroatoms. The highest BCUT2D eigenvalue weighted by molar-refractivity contribution is 5.97. The third-order valence-corrected chi connectivity index (χ3v) is 5.73. The fourth-order valence-corrected chi connectivity index (χ4v) is 4.24. The average Bonchev–Trinajstić information content (AvgIpc) is 3.33. The van der Waals surface area contributed by atoms with Crippen LogP contribution in [0.1, 0.15) is 36.0 Å². The highest BCUT2D eigenvalue weighted by Crippen LogP contribution is 2.25. The summed E-state index contributed by atoms with van der Waals surface area (Å²) in [6, 6.07) is 8.09. The molecule has 1 aromatic carbocycles. The number of carbonyl (C=O) groups is 2. The maximum absolute atomic E-state index is 12.7. The molecule has 2 saturated heterocycles. The van der Waals surface area contributed by atoms with Crippen LogP contribution in [0.5, 0.6) is 0 Å². The molecule has 1 N–H and O–H groups in total. The molecule has 25 heavy (non-hydrogen) atoms. The maximum Gasteiger partial charge on any atom is 0.321 e. The molecule has 0 bridgehead atoms. The third kappa shape index (κ3) is 3.35. The summed E-state index contributed by atoms with van der Waals surface area (Å²) in [4.78, 5) is 30.7. The SMILES string of the molecule is O=C(c1ccc(N2CCNC2=O)cc1)N1CCN(C2CCCC2)CC1. The topological polar surface area (TPSA) is 55.9 Å². The van der Waals surface area contributed by atoms with Crippen LogP contribution in [0.15, 0.2) is 24.3 Å². The molecule has 6 nitrogen and oxygen atoms in total. The molecule has 1 saturated carbocycles. The van der Waals surface area contributed by atoms with Crippen LogP contribution >= 0.6 is 0 Å². The predicted molar refractivity (Wildman–Crippen MR) is 96.9 cm³/mol. The van der Waals surface area contributed by atoms with Crippen LogP contribution in [0.3, 0.4) is 0 Å². The molecule has 3 aliphatic rings. The van der Waals surface area contributed by atoms with E-state index in [4.69, 9.17) is 0 Å². The Bertz CT molecular complexity index is 631. The number of anilines is 1. The molecule has 0 unspecified atom stereocenters. The Hall–Kier alpha value is -2.08. The first-order valence-corrected chi connectivity index (χ1v) is 9.41. The van der Waals surface area contributed by atoms with Crippen LogP contribution in [-0.2, 0) is 0 Å². The van der Waals surface area contributed by atoms with Gasteiger partial charge in [-0.2, -0.15) is 0 Å². The van der Waals surface area contributed by atoms with Crippen LogP contribution in [0.25, 0.3) is 0 Å². The van der Waals surface area contributed by atoms with Gasteiger partial charge in [0.25, 0.3) is 5.91 Å². The van der Waals surface area contributed by atoms with Gasteiger partial charge in [0.2, 0.25) is 0 Å². The van der Waals surface area contributed by atoms with Crippen LogP contribution in [0.4, 0.5) is 10.5 Å². The lowest BCUT2D eigenvalue weighted by atomic mass is 10.1. The Morgan fingerprint density at radius 2 is 1.64 bits per heavy atom. The van der Waals surface area contributed by atoms with Crippen molar-refractivity contribution in [3.05, 3.63) is 29.8 Å². The van der Waals surface area contributed by atoms with Gasteiger partial charge in [0.05, 0.1) is 0 Å². The number of benzene rings is 1. The average molecular weight is 342 g/mol. The Morgan fingerprint density at radius 1 is 0.960 bits per heavy atom. The van der Waals surface area contributed by atoms with E-state index in [1.165, 1.54) is 25.7 Å². The van der Waals surface area contributed by atoms with Crippen molar-refractivity contribution in [1.82, 2.24) is 15.1 Å². The molecule has 0 aromatic heterocycles. The van der Waals surface area contributed by atoms with Crippen LogP contribution in [0.2, 0.25) is 0 Å². The van der Waals surface area contributed by atoms with Crippen molar-refractivity contribution in [2.75, 3.05) is 44.2 Å². The monoisotopic (exact) mass is 342 g/mol. The van der Waals surface area contributed by atoms with E-state index in [1.807, 2.05) is 29.2 Å². The van der Waals surface area contributed by atoms with E-state index in [0.29, 0.717) is 18.7 Å². The highest BCUT2D eigenvalue weighted by Gasteiger charge is 2.28. The van der Waals surface area contributed by atoms with E-state index >= 15 is 0 Å². The van der Waals surface area contributed by atoms with Crippen molar-refractivity contribution < 1.29 is 9.59 Å². The standard InChI is InChI=1S/C19H26N4O2/c24-18(22-13-11-21(12-14-22)16-3-1-2-4-16)15-5-7-17(8-6-15)23-10-9-20-19(23)25/h5-8,16H,1-4,9-14H2,(H,20,25). The van der Waals surface area contributed by atoms with Crippen molar-refractivity contribution >= 4 is 17.6 Å². The van der Waals surface area contributed by atoms with Crippen LogP contribution < -0.4 is 10.2 Å². The van der Waals surface area contributed by atoms with Gasteiger partial charge in [0.1, 0.15) is 0 Å². The number of piperazine rings is 1. The molecule has 134 valence electrons. The number of hydrogen-bond acceptors (Lipinski definition) is 3. The van der Waals surface area contributed by atoms with Gasteiger partial charge in [-0.25, -0.2) is 4.79 Å². The zero-order valence-corrected chi connectivity index (χ0v) is 14.6. The molecule has 0 spiro atoms. The summed E-state index contributed by atoms with van der Waals surface area (Å²) in [6.07, 6.45) is 5.34. The summed E-state index contributed by atoms with van der Waals surface area (Å²) < 4.78 is 0. The van der Waals surface area contributed by atoms with Crippen molar-refractivity contribution in [3.8, 4) is 0 Å². The smallest absolute Gasteiger partial charge is 0.321 e. The number of rotatable bonds is 3. The van der Waals surface area contributed by atoms with Crippen molar-refractivity contribution in [3.63, 3.8) is 0 Å². The van der Waals surface area contributed by atoms with Gasteiger partial charge in [-0.1, -0.05) is 12.8 Å². The van der Waals surface area contributed by atoms with Crippen LogP contribution in [0, 0.1) is 0 Å². The number of hydrogen-bond donors (Lipinski definition) is 1. The number of carbonyl (C=O) groups excluding carboxylic acids is 2. The quantitative estimate of drug-likeness (QED) is 0.913. The second kappa shape index (κ2) is 7.04. The minimum atomic E-state index is -0.0675. The first-order valence-electron chi connectivity index (χ1n) is 9.41. The molecule has 4 rings (SSSR count). The van der Waals surface area contributed by atoms with Crippen LogP contribution in [-0.4, -0.2) is 67.0 Å². The van der Waals surface area contributed by atoms with Gasteiger partial charge >= 0.3 is 6.03 Å². The lowest BCUT2D eigenvalue weighted by Crippen LogP contribution is -2.51. The van der Waals surface area contributed by atoms with E-state index in [2.05, 4.69) is 10.2 Å². The number of nitrogens with zero attached hydrogens (tertiary/aromatic N) is 3. The molecule has 2 heterocycles. The fourth-order valence-electron chi connectivity index (χ4n) is 4.24. The Balaban J connectivity index is 1.35. The summed E-state index contributed by atoms with van der Waals surface area (Å²) in [5.41, 5.74) is 1.55. The van der Waals surface area contributed by atoms with Gasteiger partial charge in [-0.15, -0.1) is 0 Å². The zero-order chi connectivity index (χ0) is 17.2. The van der Waals surface area contributed by atoms with Crippen molar-refractivity contribution in [1.29, 1.82) is 0 Å². The molecule has 0 radical (unpaired) electrons. The lowest BCUT2D eigenvalue weighted by Gasteiger charge is -2.38. The molecule has 3 fully saturated rings. The summed E-state index contributed by atoms with van der Waals surface area (Å²) in [5.74, 6) is 0.100. The predicted octanol–water partition coefficient (Wildman–Crippen LogP) is 1.92. The van der Waals surface area contributed by atoms with E-state index in [1.54, 1.807) is 4.90 Å². The van der Waals surface area contributed by atoms with E-state index in [9.17, 15) is 9.59 Å².